The largest absolute Gasteiger partial charge is 0.481 e. The maximum atomic E-state index is 11.1. The summed E-state index contributed by atoms with van der Waals surface area (Å²) in [7, 11) is 0. The second-order valence-electron chi connectivity index (χ2n) is 3.81. The molecule has 0 heterocycles. The SMILES string of the molecule is CC=CC(=O)C(O)CC(C)(C)C(=O)O.N. The summed E-state index contributed by atoms with van der Waals surface area (Å²) in [5, 5.41) is 18.1. The maximum absolute atomic E-state index is 11.1. The molecule has 1 atom stereocenters. The molecule has 0 radical (unpaired) electrons. The Labute approximate surface area is 89.4 Å². The van der Waals surface area contributed by atoms with Crippen molar-refractivity contribution in [1.82, 2.24) is 6.15 Å². The van der Waals surface area contributed by atoms with E-state index in [1.54, 1.807) is 6.92 Å². The predicted molar refractivity (Wildman–Crippen MR) is 56.9 cm³/mol. The van der Waals surface area contributed by atoms with Crippen molar-refractivity contribution < 1.29 is 19.8 Å². The molecule has 0 amide bonds. The summed E-state index contributed by atoms with van der Waals surface area (Å²) in [6, 6.07) is 0. The van der Waals surface area contributed by atoms with Gasteiger partial charge in [-0.15, -0.1) is 0 Å². The number of hydrogen-bond donors (Lipinski definition) is 3. The number of carboxylic acid groups (broad SMARTS) is 1. The quantitative estimate of drug-likeness (QED) is 0.598. The van der Waals surface area contributed by atoms with Gasteiger partial charge >= 0.3 is 5.97 Å². The highest BCUT2D eigenvalue weighted by Gasteiger charge is 2.31. The Hall–Kier alpha value is -1.20. The van der Waals surface area contributed by atoms with Crippen LogP contribution in [0.15, 0.2) is 12.2 Å². The number of hydrogen-bond acceptors (Lipinski definition) is 4. The van der Waals surface area contributed by atoms with Crippen LogP contribution in [-0.4, -0.2) is 28.1 Å². The third-order valence-corrected chi connectivity index (χ3v) is 1.94. The van der Waals surface area contributed by atoms with Crippen molar-refractivity contribution in [3.05, 3.63) is 12.2 Å². The van der Waals surface area contributed by atoms with Gasteiger partial charge in [-0.25, -0.2) is 0 Å². The minimum Gasteiger partial charge on any atom is -0.481 e. The van der Waals surface area contributed by atoms with Crippen LogP contribution in [0.5, 0.6) is 0 Å². The molecule has 0 aliphatic carbocycles. The average Bonchev–Trinajstić information content (AvgIpc) is 2.03. The Balaban J connectivity index is 0. The third-order valence-electron chi connectivity index (χ3n) is 1.94. The molecule has 15 heavy (non-hydrogen) atoms. The third kappa shape index (κ3) is 5.29. The molecular formula is C10H19NO4. The standard InChI is InChI=1S/C10H16O4.H3N/c1-4-5-7(11)8(12)6-10(2,3)9(13)14;/h4-5,8,12H,6H2,1-3H3,(H,13,14);1H3. The summed E-state index contributed by atoms with van der Waals surface area (Å²) in [5.74, 6) is -1.48. The molecule has 0 spiro atoms. The molecule has 5 N–H and O–H groups in total. The Morgan fingerprint density at radius 1 is 1.40 bits per heavy atom. The van der Waals surface area contributed by atoms with E-state index in [0.29, 0.717) is 0 Å². The molecule has 0 aromatic carbocycles. The molecule has 0 aliphatic rings. The van der Waals surface area contributed by atoms with E-state index < -0.39 is 23.3 Å². The molecule has 0 aromatic rings. The Bertz CT molecular complexity index is 258. The molecular weight excluding hydrogens is 198 g/mol. The Morgan fingerprint density at radius 3 is 2.20 bits per heavy atom. The fraction of sp³-hybridized carbons (Fsp3) is 0.600. The lowest BCUT2D eigenvalue weighted by Gasteiger charge is -2.21. The number of carboxylic acids is 1. The average molecular weight is 217 g/mol. The lowest BCUT2D eigenvalue weighted by atomic mass is 9.86. The summed E-state index contributed by atoms with van der Waals surface area (Å²) in [5.41, 5.74) is -1.09. The normalized spacial score (nSPS) is 13.3. The lowest BCUT2D eigenvalue weighted by molar-refractivity contribution is -0.149. The van der Waals surface area contributed by atoms with Crippen LogP contribution in [0.3, 0.4) is 0 Å². The molecule has 5 heteroatoms. The minimum absolute atomic E-state index is 0. The molecule has 0 fully saturated rings. The Morgan fingerprint density at radius 2 is 1.87 bits per heavy atom. The van der Waals surface area contributed by atoms with E-state index in [1.165, 1.54) is 26.0 Å². The van der Waals surface area contributed by atoms with Crippen LogP contribution in [0.2, 0.25) is 0 Å². The van der Waals surface area contributed by atoms with Gasteiger partial charge in [0.25, 0.3) is 0 Å². The first-order chi connectivity index (χ1) is 6.31. The van der Waals surface area contributed by atoms with E-state index >= 15 is 0 Å². The number of aliphatic hydroxyl groups excluding tert-OH is 1. The minimum atomic E-state index is -1.24. The second kappa shape index (κ2) is 6.31. The van der Waals surface area contributed by atoms with E-state index in [9.17, 15) is 14.7 Å². The van der Waals surface area contributed by atoms with Crippen molar-refractivity contribution in [2.75, 3.05) is 0 Å². The van der Waals surface area contributed by atoms with Crippen LogP contribution < -0.4 is 6.15 Å². The first-order valence-corrected chi connectivity index (χ1v) is 4.39. The highest BCUT2D eigenvalue weighted by molar-refractivity contribution is 5.93. The summed E-state index contributed by atoms with van der Waals surface area (Å²) in [6.07, 6.45) is 1.44. The van der Waals surface area contributed by atoms with Crippen molar-refractivity contribution >= 4 is 11.8 Å². The van der Waals surface area contributed by atoms with Crippen molar-refractivity contribution in [1.29, 1.82) is 0 Å². The molecule has 0 rings (SSSR count). The van der Waals surface area contributed by atoms with Crippen LogP contribution in [0, 0.1) is 5.41 Å². The second-order valence-corrected chi connectivity index (χ2v) is 3.81. The van der Waals surface area contributed by atoms with Crippen molar-refractivity contribution in [3.8, 4) is 0 Å². The first kappa shape index (κ1) is 16.2. The fourth-order valence-corrected chi connectivity index (χ4v) is 0.947. The summed E-state index contributed by atoms with van der Waals surface area (Å²) >= 11 is 0. The van der Waals surface area contributed by atoms with Gasteiger partial charge in [-0.2, -0.15) is 0 Å². The zero-order valence-electron chi connectivity index (χ0n) is 9.36. The fourth-order valence-electron chi connectivity index (χ4n) is 0.947. The monoisotopic (exact) mass is 217 g/mol. The van der Waals surface area contributed by atoms with E-state index in [1.807, 2.05) is 0 Å². The topological polar surface area (TPSA) is 110 Å². The smallest absolute Gasteiger partial charge is 0.309 e. The van der Waals surface area contributed by atoms with Crippen LogP contribution in [0.1, 0.15) is 27.2 Å². The summed E-state index contributed by atoms with van der Waals surface area (Å²) < 4.78 is 0. The molecule has 0 saturated heterocycles. The van der Waals surface area contributed by atoms with Gasteiger partial charge in [0.05, 0.1) is 5.41 Å². The van der Waals surface area contributed by atoms with Crippen LogP contribution >= 0.6 is 0 Å². The lowest BCUT2D eigenvalue weighted by Crippen LogP contribution is -2.32. The number of carbonyl (C=O) groups excluding carboxylic acids is 1. The number of aliphatic hydroxyl groups is 1. The number of allylic oxidation sites excluding steroid dienone is 1. The number of ketones is 1. The van der Waals surface area contributed by atoms with Crippen LogP contribution in [-0.2, 0) is 9.59 Å². The van der Waals surface area contributed by atoms with Gasteiger partial charge in [-0.05, 0) is 33.3 Å². The van der Waals surface area contributed by atoms with Gasteiger partial charge in [0.1, 0.15) is 6.10 Å². The molecule has 0 saturated carbocycles. The molecule has 1 unspecified atom stereocenters. The maximum Gasteiger partial charge on any atom is 0.309 e. The van der Waals surface area contributed by atoms with Gasteiger partial charge in [-0.3, -0.25) is 9.59 Å². The zero-order chi connectivity index (χ0) is 11.4. The van der Waals surface area contributed by atoms with Crippen molar-refractivity contribution in [2.45, 2.75) is 33.3 Å². The van der Waals surface area contributed by atoms with Gasteiger partial charge in [0.15, 0.2) is 5.78 Å². The molecule has 0 aliphatic heterocycles. The van der Waals surface area contributed by atoms with E-state index in [2.05, 4.69) is 0 Å². The van der Waals surface area contributed by atoms with Crippen molar-refractivity contribution in [2.24, 2.45) is 5.41 Å². The first-order valence-electron chi connectivity index (χ1n) is 4.39. The molecule has 0 bridgehead atoms. The van der Waals surface area contributed by atoms with Gasteiger partial charge in [-0.1, -0.05) is 6.08 Å². The summed E-state index contributed by atoms with van der Waals surface area (Å²) in [4.78, 5) is 21.8. The highest BCUT2D eigenvalue weighted by Crippen LogP contribution is 2.22. The highest BCUT2D eigenvalue weighted by atomic mass is 16.4. The van der Waals surface area contributed by atoms with Gasteiger partial charge < -0.3 is 16.4 Å². The number of carbonyl (C=O) groups is 2. The molecule has 5 nitrogen and oxygen atoms in total. The van der Waals surface area contributed by atoms with Crippen molar-refractivity contribution in [3.63, 3.8) is 0 Å². The van der Waals surface area contributed by atoms with Crippen LogP contribution in [0.4, 0.5) is 0 Å². The Kier molecular flexibility index (Phi) is 6.84. The van der Waals surface area contributed by atoms with E-state index in [4.69, 9.17) is 5.11 Å². The van der Waals surface area contributed by atoms with Gasteiger partial charge in [0, 0.05) is 0 Å². The predicted octanol–water partition coefficient (Wildman–Crippen LogP) is 1.16. The van der Waals surface area contributed by atoms with Crippen LogP contribution in [0.25, 0.3) is 0 Å². The molecule has 88 valence electrons. The number of rotatable bonds is 5. The zero-order valence-corrected chi connectivity index (χ0v) is 9.36. The van der Waals surface area contributed by atoms with E-state index in [0.717, 1.165) is 0 Å². The summed E-state index contributed by atoms with van der Waals surface area (Å²) in [6.45, 7) is 4.61. The van der Waals surface area contributed by atoms with E-state index in [-0.39, 0.29) is 12.6 Å². The number of aliphatic carboxylic acids is 1. The molecule has 0 aromatic heterocycles. The van der Waals surface area contributed by atoms with Gasteiger partial charge in [0.2, 0.25) is 0 Å².